The van der Waals surface area contributed by atoms with E-state index < -0.39 is 5.54 Å². The summed E-state index contributed by atoms with van der Waals surface area (Å²) in [4.78, 5) is 16.0. The second kappa shape index (κ2) is 5.21. The van der Waals surface area contributed by atoms with Crippen LogP contribution in [0.2, 0.25) is 0 Å². The molecule has 1 aliphatic rings. The van der Waals surface area contributed by atoms with E-state index in [2.05, 4.69) is 10.3 Å². The van der Waals surface area contributed by atoms with Crippen molar-refractivity contribution in [3.63, 3.8) is 0 Å². The van der Waals surface area contributed by atoms with Crippen LogP contribution in [0.3, 0.4) is 0 Å². The van der Waals surface area contributed by atoms with Gasteiger partial charge in [-0.3, -0.25) is 4.79 Å². The quantitative estimate of drug-likeness (QED) is 0.871. The largest absolute Gasteiger partial charge is 0.486 e. The van der Waals surface area contributed by atoms with Gasteiger partial charge in [-0.25, -0.2) is 4.98 Å². The molecule has 6 nitrogen and oxygen atoms in total. The number of nitrogens with one attached hydrogen (secondary N) is 1. The molecule has 21 heavy (non-hydrogen) atoms. The average molecular weight is 286 g/mol. The third-order valence-electron chi connectivity index (χ3n) is 3.64. The maximum Gasteiger partial charge on any atom is 0.244 e. The highest BCUT2D eigenvalue weighted by Crippen LogP contribution is 2.33. The molecule has 1 amide bonds. The highest BCUT2D eigenvalue weighted by molar-refractivity contribution is 6.00. The highest BCUT2D eigenvalue weighted by Gasteiger charge is 2.45. The smallest absolute Gasteiger partial charge is 0.244 e. The summed E-state index contributed by atoms with van der Waals surface area (Å²) in [7, 11) is 1.92. The van der Waals surface area contributed by atoms with Crippen LogP contribution in [0.5, 0.6) is 5.75 Å². The number of benzene rings is 1. The Labute approximate surface area is 122 Å². The van der Waals surface area contributed by atoms with Gasteiger partial charge in [0.15, 0.2) is 0 Å². The van der Waals surface area contributed by atoms with E-state index >= 15 is 0 Å². The molecule has 1 aromatic carbocycles. The Morgan fingerprint density at radius 3 is 2.71 bits per heavy atom. The summed E-state index contributed by atoms with van der Waals surface area (Å²) in [6.45, 7) is 0.404. The van der Waals surface area contributed by atoms with Gasteiger partial charge in [0.05, 0.1) is 5.54 Å². The molecule has 1 saturated carbocycles. The molecule has 0 saturated heterocycles. The number of nitrogens with two attached hydrogens (primary N) is 1. The molecular formula is C15H18N4O2. The van der Waals surface area contributed by atoms with Crippen molar-refractivity contribution in [1.82, 2.24) is 9.55 Å². The summed E-state index contributed by atoms with van der Waals surface area (Å²) in [5, 5.41) is 2.81. The second-order valence-corrected chi connectivity index (χ2v) is 5.38. The first-order valence-electron chi connectivity index (χ1n) is 6.86. The van der Waals surface area contributed by atoms with E-state index in [1.807, 2.05) is 29.9 Å². The van der Waals surface area contributed by atoms with E-state index in [1.165, 1.54) is 0 Å². The molecule has 1 aliphatic carbocycles. The van der Waals surface area contributed by atoms with Crippen LogP contribution in [0.4, 0.5) is 5.69 Å². The third-order valence-corrected chi connectivity index (χ3v) is 3.64. The number of imidazole rings is 1. The molecule has 0 spiro atoms. The van der Waals surface area contributed by atoms with Gasteiger partial charge < -0.3 is 20.4 Å². The van der Waals surface area contributed by atoms with Crippen LogP contribution in [-0.4, -0.2) is 21.0 Å². The van der Waals surface area contributed by atoms with Crippen LogP contribution in [-0.2, 0) is 18.4 Å². The van der Waals surface area contributed by atoms with Crippen molar-refractivity contribution in [2.45, 2.75) is 25.0 Å². The summed E-state index contributed by atoms with van der Waals surface area (Å²) < 4.78 is 7.56. The van der Waals surface area contributed by atoms with Crippen molar-refractivity contribution >= 4 is 11.6 Å². The fourth-order valence-corrected chi connectivity index (χ4v) is 1.94. The normalized spacial score (nSPS) is 15.5. The number of anilines is 1. The third kappa shape index (κ3) is 3.05. The maximum atomic E-state index is 11.8. The minimum atomic E-state index is -0.659. The first-order chi connectivity index (χ1) is 10.1. The minimum absolute atomic E-state index is 0.121. The molecule has 1 fully saturated rings. The van der Waals surface area contributed by atoms with Crippen molar-refractivity contribution in [2.24, 2.45) is 12.8 Å². The lowest BCUT2D eigenvalue weighted by atomic mass is 10.2. The number of hydrogen-bond donors (Lipinski definition) is 2. The van der Waals surface area contributed by atoms with Crippen molar-refractivity contribution in [2.75, 3.05) is 5.32 Å². The number of carbonyl (C=O) groups is 1. The Morgan fingerprint density at radius 2 is 2.14 bits per heavy atom. The second-order valence-electron chi connectivity index (χ2n) is 5.38. The molecule has 110 valence electrons. The number of carbonyl (C=O) groups excluding carboxylic acids is 1. The SMILES string of the molecule is Cn1ccnc1COc1ccc(NC(=O)C2(N)CC2)cc1. The van der Waals surface area contributed by atoms with E-state index in [-0.39, 0.29) is 5.91 Å². The van der Waals surface area contributed by atoms with Crippen molar-refractivity contribution in [3.8, 4) is 5.75 Å². The fraction of sp³-hybridized carbons (Fsp3) is 0.333. The van der Waals surface area contributed by atoms with Gasteiger partial charge in [-0.05, 0) is 37.1 Å². The number of aromatic nitrogens is 2. The lowest BCUT2D eigenvalue weighted by Crippen LogP contribution is -2.37. The number of rotatable bonds is 5. The molecule has 1 heterocycles. The van der Waals surface area contributed by atoms with Crippen LogP contribution >= 0.6 is 0 Å². The van der Waals surface area contributed by atoms with Crippen LogP contribution in [0, 0.1) is 0 Å². The number of hydrogen-bond acceptors (Lipinski definition) is 4. The molecule has 0 bridgehead atoms. The Kier molecular flexibility index (Phi) is 3.39. The Morgan fingerprint density at radius 1 is 1.43 bits per heavy atom. The van der Waals surface area contributed by atoms with Gasteiger partial charge in [0.1, 0.15) is 18.2 Å². The summed E-state index contributed by atoms with van der Waals surface area (Å²) in [5.41, 5.74) is 5.90. The van der Waals surface area contributed by atoms with E-state index in [0.717, 1.165) is 30.1 Å². The summed E-state index contributed by atoms with van der Waals surface area (Å²) in [5.74, 6) is 1.46. The minimum Gasteiger partial charge on any atom is -0.486 e. The standard InChI is InChI=1S/C15H18N4O2/c1-19-9-8-17-13(19)10-21-12-4-2-11(3-5-12)18-14(20)15(16)6-7-15/h2-5,8-9H,6-7,10,16H2,1H3,(H,18,20). The van der Waals surface area contributed by atoms with Gasteiger partial charge in [0.2, 0.25) is 5.91 Å². The molecule has 0 unspecified atom stereocenters. The summed E-state index contributed by atoms with van der Waals surface area (Å²) in [6.07, 6.45) is 5.11. The van der Waals surface area contributed by atoms with Crippen LogP contribution in [0.15, 0.2) is 36.7 Å². The van der Waals surface area contributed by atoms with Gasteiger partial charge in [0, 0.05) is 25.1 Å². The molecule has 3 N–H and O–H groups in total. The van der Waals surface area contributed by atoms with E-state index in [0.29, 0.717) is 6.61 Å². The molecule has 0 radical (unpaired) electrons. The zero-order valence-corrected chi connectivity index (χ0v) is 11.9. The molecule has 6 heteroatoms. The van der Waals surface area contributed by atoms with Gasteiger partial charge in [-0.2, -0.15) is 0 Å². The predicted octanol–water partition coefficient (Wildman–Crippen LogP) is 1.43. The zero-order valence-electron chi connectivity index (χ0n) is 11.9. The lowest BCUT2D eigenvalue weighted by Gasteiger charge is -2.11. The molecule has 3 rings (SSSR count). The number of aryl methyl sites for hydroxylation is 1. The van der Waals surface area contributed by atoms with Crippen molar-refractivity contribution in [1.29, 1.82) is 0 Å². The van der Waals surface area contributed by atoms with Crippen LogP contribution in [0.1, 0.15) is 18.7 Å². The topological polar surface area (TPSA) is 82.2 Å². The average Bonchev–Trinajstić information content (AvgIpc) is 3.10. The van der Waals surface area contributed by atoms with Gasteiger partial charge >= 0.3 is 0 Å². The zero-order chi connectivity index (χ0) is 14.9. The van der Waals surface area contributed by atoms with Gasteiger partial charge in [-0.1, -0.05) is 0 Å². The molecular weight excluding hydrogens is 268 g/mol. The molecule has 0 atom stereocenters. The van der Waals surface area contributed by atoms with E-state index in [9.17, 15) is 4.79 Å². The Hall–Kier alpha value is -2.34. The number of ether oxygens (including phenoxy) is 1. The van der Waals surface area contributed by atoms with Gasteiger partial charge in [0.25, 0.3) is 0 Å². The monoisotopic (exact) mass is 286 g/mol. The van der Waals surface area contributed by atoms with Crippen LogP contribution in [0.25, 0.3) is 0 Å². The first-order valence-corrected chi connectivity index (χ1v) is 6.86. The van der Waals surface area contributed by atoms with Crippen LogP contribution < -0.4 is 15.8 Å². The molecule has 0 aliphatic heterocycles. The van der Waals surface area contributed by atoms with Crippen molar-refractivity contribution < 1.29 is 9.53 Å². The predicted molar refractivity (Wildman–Crippen MR) is 78.8 cm³/mol. The maximum absolute atomic E-state index is 11.8. The summed E-state index contributed by atoms with van der Waals surface area (Å²) in [6, 6.07) is 7.23. The number of amides is 1. The van der Waals surface area contributed by atoms with Crippen molar-refractivity contribution in [3.05, 3.63) is 42.5 Å². The Bertz CT molecular complexity index is 644. The lowest BCUT2D eigenvalue weighted by molar-refractivity contribution is -0.118. The number of nitrogens with zero attached hydrogens (tertiary/aromatic N) is 2. The van der Waals surface area contributed by atoms with Gasteiger partial charge in [-0.15, -0.1) is 0 Å². The Balaban J connectivity index is 1.56. The van der Waals surface area contributed by atoms with E-state index in [4.69, 9.17) is 10.5 Å². The molecule has 1 aromatic heterocycles. The summed E-state index contributed by atoms with van der Waals surface area (Å²) >= 11 is 0. The fourth-order valence-electron chi connectivity index (χ4n) is 1.94. The molecule has 2 aromatic rings. The highest BCUT2D eigenvalue weighted by atomic mass is 16.5. The van der Waals surface area contributed by atoms with E-state index in [1.54, 1.807) is 18.3 Å². The first kappa shape index (κ1) is 13.6.